The maximum absolute atomic E-state index is 3.21. The average Bonchev–Trinajstić information content (AvgIpc) is 1.41. The van der Waals surface area contributed by atoms with Crippen LogP contribution in [0.1, 0.15) is 181 Å². The van der Waals surface area contributed by atoms with Gasteiger partial charge in [-0.3, -0.25) is 0 Å². The van der Waals surface area contributed by atoms with Crippen LogP contribution < -0.4 is 37.1 Å². The lowest BCUT2D eigenvalue weighted by Crippen LogP contribution is -2.77. The largest absolute Gasteiger partial charge is 0.310 e. The van der Waals surface area contributed by atoms with Crippen LogP contribution in [0.3, 0.4) is 0 Å². The predicted molar refractivity (Wildman–Crippen MR) is 367 cm³/mol. The van der Waals surface area contributed by atoms with E-state index < -0.39 is 8.07 Å². The van der Waals surface area contributed by atoms with Gasteiger partial charge in [0.05, 0.1) is 27.6 Å². The lowest BCUT2D eigenvalue weighted by atomic mass is 9.34. The van der Waals surface area contributed by atoms with E-state index in [0.29, 0.717) is 17.8 Å². The molecule has 7 heterocycles. The van der Waals surface area contributed by atoms with E-state index >= 15 is 0 Å². The first-order valence-corrected chi connectivity index (χ1v) is 33.5. The zero-order chi connectivity index (χ0) is 58.7. The molecule has 3 nitrogen and oxygen atoms in total. The number of rotatable bonds is 4. The summed E-state index contributed by atoms with van der Waals surface area (Å²) in [5.41, 5.74) is 28.6. The first kappa shape index (κ1) is 52.2. The van der Waals surface area contributed by atoms with Gasteiger partial charge in [0.15, 0.2) is 8.07 Å². The van der Waals surface area contributed by atoms with Crippen LogP contribution in [0.25, 0.3) is 93.6 Å². The standard InChI is InChI=1S/C79H80BN3Si/c1-42(2)45-20-19-21-52(32-45)81-63-34-47(44(5)6)22-26-55(63)69-64(81)41-60-74-70(69)58-33-46(43(3)4)23-29-61(58)82(74)62-30-31-65-75-71(62)80(60)59-37-50(78(13,14)15)35-56-57-36-51(79(16,17)18)40-68(73(57)83(75)72(56)59)84(65)66-38-48(76(7,8)9)24-27-53(66)54-28-25-49(39-67(54)84)77(10,11)12/h19-44H,1-18H3. The van der Waals surface area contributed by atoms with Crippen molar-refractivity contribution in [2.45, 2.75) is 164 Å². The third kappa shape index (κ3) is 6.60. The molecule has 0 N–H and O–H groups in total. The van der Waals surface area contributed by atoms with E-state index in [0.717, 1.165) is 0 Å². The Balaban J connectivity index is 1.17. The van der Waals surface area contributed by atoms with E-state index in [2.05, 4.69) is 278 Å². The molecule has 0 saturated heterocycles. The summed E-state index contributed by atoms with van der Waals surface area (Å²) in [7, 11) is -3.21. The molecule has 4 aliphatic heterocycles. The van der Waals surface area contributed by atoms with Gasteiger partial charge in [0.2, 0.25) is 0 Å². The van der Waals surface area contributed by atoms with Crippen LogP contribution in [0.2, 0.25) is 0 Å². The van der Waals surface area contributed by atoms with E-state index in [4.69, 9.17) is 0 Å². The van der Waals surface area contributed by atoms with Crippen molar-refractivity contribution in [3.63, 3.8) is 0 Å². The zero-order valence-corrected chi connectivity index (χ0v) is 53.9. The molecule has 0 amide bonds. The molecule has 1 spiro atoms. The van der Waals surface area contributed by atoms with Crippen LogP contribution in [0, 0.1) is 0 Å². The third-order valence-electron chi connectivity index (χ3n) is 20.9. The van der Waals surface area contributed by atoms with Gasteiger partial charge < -0.3 is 13.7 Å². The Bertz CT molecular complexity index is 4910. The number of hydrogen-bond donors (Lipinski definition) is 0. The normalized spacial score (nSPS) is 14.9. The van der Waals surface area contributed by atoms with Crippen molar-refractivity contribution >= 4 is 117 Å². The fourth-order valence-electron chi connectivity index (χ4n) is 16.2. The Hall–Kier alpha value is -7.34. The number of hydrogen-bond acceptors (Lipinski definition) is 0. The molecule has 4 aliphatic rings. The van der Waals surface area contributed by atoms with E-state index in [1.165, 1.54) is 154 Å². The second-order valence-corrected chi connectivity index (χ2v) is 34.8. The topological polar surface area (TPSA) is 14.8 Å². The van der Waals surface area contributed by atoms with Gasteiger partial charge in [-0.2, -0.15) is 0 Å². The van der Waals surface area contributed by atoms with Gasteiger partial charge >= 0.3 is 0 Å². The first-order valence-electron chi connectivity index (χ1n) is 31.5. The molecule has 418 valence electrons. The lowest BCUT2D eigenvalue weighted by Gasteiger charge is -2.43. The number of nitrogens with zero attached hydrogens (tertiary/aromatic N) is 3. The van der Waals surface area contributed by atoms with Crippen LogP contribution in [-0.4, -0.2) is 28.5 Å². The van der Waals surface area contributed by atoms with Crippen molar-refractivity contribution in [2.24, 2.45) is 0 Å². The molecule has 0 atom stereocenters. The minimum atomic E-state index is -3.21. The molecule has 84 heavy (non-hydrogen) atoms. The molecule has 0 saturated carbocycles. The summed E-state index contributed by atoms with van der Waals surface area (Å²) < 4.78 is 8.29. The fraction of sp³-hybridized carbons (Fsp3) is 0.316. The summed E-state index contributed by atoms with van der Waals surface area (Å²) in [6.07, 6.45) is 0. The van der Waals surface area contributed by atoms with E-state index in [9.17, 15) is 0 Å². The molecular formula is C79H80BN3Si. The number of benzene rings is 9. The van der Waals surface area contributed by atoms with Gasteiger partial charge in [-0.25, -0.2) is 0 Å². The predicted octanol–water partition coefficient (Wildman–Crippen LogP) is 16.4. The van der Waals surface area contributed by atoms with Gasteiger partial charge in [0.1, 0.15) is 0 Å². The average molecular weight is 1110 g/mol. The van der Waals surface area contributed by atoms with Gasteiger partial charge in [-0.15, -0.1) is 0 Å². The summed E-state index contributed by atoms with van der Waals surface area (Å²) in [4.78, 5) is 0. The Labute approximate surface area is 498 Å². The van der Waals surface area contributed by atoms with Crippen molar-refractivity contribution in [3.8, 4) is 28.2 Å². The van der Waals surface area contributed by atoms with Crippen molar-refractivity contribution in [1.82, 2.24) is 13.7 Å². The van der Waals surface area contributed by atoms with Crippen molar-refractivity contribution in [3.05, 3.63) is 178 Å². The highest BCUT2D eigenvalue weighted by atomic mass is 28.3. The van der Waals surface area contributed by atoms with Crippen molar-refractivity contribution in [2.75, 3.05) is 0 Å². The molecule has 0 aliphatic carbocycles. The van der Waals surface area contributed by atoms with Crippen LogP contribution >= 0.6 is 0 Å². The quantitative estimate of drug-likeness (QED) is 0.156. The van der Waals surface area contributed by atoms with Crippen LogP contribution in [0.15, 0.2) is 140 Å². The molecule has 5 heteroatoms. The molecule has 12 aromatic rings. The smallest absolute Gasteiger partial charge is 0.252 e. The highest BCUT2D eigenvalue weighted by molar-refractivity contribution is 7.24. The Kier molecular flexibility index (Phi) is 10.3. The SMILES string of the molecule is CC(C)c1cccc(-n2c3cc(C(C)C)ccc3c3c4c5cc(C(C)C)ccc5n5c4c(cc32)B2c3c-5ccc4c3-n3c5c2cc(C(C)(C)C)cc5c2cc(C(C)(C)C)cc(c23)[Si]42c3cc(C(C)(C)C)ccc3-c3ccc(C(C)(C)C)cc32)c1. The third-order valence-corrected chi connectivity index (χ3v) is 25.8. The number of fused-ring (bicyclic) bond motifs is 18. The first-order chi connectivity index (χ1) is 39.7. The highest BCUT2D eigenvalue weighted by Gasteiger charge is 2.57. The monoisotopic (exact) mass is 1110 g/mol. The molecule has 0 radical (unpaired) electrons. The minimum Gasteiger partial charge on any atom is -0.310 e. The van der Waals surface area contributed by atoms with Crippen LogP contribution in [0.5, 0.6) is 0 Å². The molecular weight excluding hydrogens is 1030 g/mol. The highest BCUT2D eigenvalue weighted by Crippen LogP contribution is 2.49. The fourth-order valence-corrected chi connectivity index (χ4v) is 21.9. The lowest BCUT2D eigenvalue weighted by molar-refractivity contribution is 0.590. The molecule has 0 unspecified atom stereocenters. The van der Waals surface area contributed by atoms with Crippen molar-refractivity contribution in [1.29, 1.82) is 0 Å². The second kappa shape index (κ2) is 16.5. The Morgan fingerprint density at radius 1 is 0.369 bits per heavy atom. The van der Waals surface area contributed by atoms with Crippen molar-refractivity contribution < 1.29 is 0 Å². The summed E-state index contributed by atoms with van der Waals surface area (Å²) in [5, 5.41) is 14.4. The summed E-state index contributed by atoms with van der Waals surface area (Å²) >= 11 is 0. The number of aromatic nitrogens is 3. The zero-order valence-electron chi connectivity index (χ0n) is 52.9. The van der Waals surface area contributed by atoms with Gasteiger partial charge in [-0.05, 0) is 181 Å². The second-order valence-electron chi connectivity index (χ2n) is 31.2. The maximum atomic E-state index is 2.86. The van der Waals surface area contributed by atoms with Gasteiger partial charge in [-0.1, -0.05) is 210 Å². The molecule has 3 aromatic heterocycles. The van der Waals surface area contributed by atoms with Crippen LogP contribution in [-0.2, 0) is 21.7 Å². The Morgan fingerprint density at radius 3 is 1.55 bits per heavy atom. The molecule has 16 rings (SSSR count). The van der Waals surface area contributed by atoms with E-state index in [1.54, 1.807) is 15.6 Å². The van der Waals surface area contributed by atoms with Crippen LogP contribution in [0.4, 0.5) is 0 Å². The summed E-state index contributed by atoms with van der Waals surface area (Å²) in [6, 6.07) is 58.4. The Morgan fingerprint density at radius 2 is 0.929 bits per heavy atom. The molecule has 9 aromatic carbocycles. The molecule has 0 fully saturated rings. The maximum Gasteiger partial charge on any atom is 0.252 e. The van der Waals surface area contributed by atoms with Gasteiger partial charge in [0.25, 0.3) is 6.71 Å². The minimum absolute atomic E-state index is 0.0458. The van der Waals surface area contributed by atoms with E-state index in [-0.39, 0.29) is 28.4 Å². The van der Waals surface area contributed by atoms with Gasteiger partial charge in [0, 0.05) is 54.9 Å². The molecule has 0 bridgehead atoms. The summed E-state index contributed by atoms with van der Waals surface area (Å²) in [5.74, 6) is 1.15. The van der Waals surface area contributed by atoms with E-state index in [1.807, 2.05) is 0 Å². The summed E-state index contributed by atoms with van der Waals surface area (Å²) in [6.45, 7) is 43.1.